The molecule has 1 heterocycles. The van der Waals surface area contributed by atoms with E-state index < -0.39 is 22.0 Å². The normalized spacial score (nSPS) is 11.9. The molecule has 0 aliphatic carbocycles. The molecule has 0 amide bonds. The number of nitriles is 1. The van der Waals surface area contributed by atoms with Gasteiger partial charge >= 0.3 is 0 Å². The molecular formula is C19H12BClN2O3S. The molecule has 1 N–H and O–H groups in total. The van der Waals surface area contributed by atoms with E-state index in [9.17, 15) is 19.1 Å². The summed E-state index contributed by atoms with van der Waals surface area (Å²) in [6.45, 7) is 1.22. The number of aromatic nitrogens is 1. The lowest BCUT2D eigenvalue weighted by Crippen LogP contribution is -2.23. The van der Waals surface area contributed by atoms with Crippen molar-refractivity contribution >= 4 is 52.4 Å². The SMILES string of the molecule is [B]c1ccc(Cl)c2c(=O)c(C(C)=O)c(S(=O)Cc3ccccc3C#N)[nH]c12. The summed E-state index contributed by atoms with van der Waals surface area (Å²) in [5.74, 6) is -0.570. The van der Waals surface area contributed by atoms with E-state index in [2.05, 4.69) is 4.98 Å². The number of H-pyrrole nitrogens is 1. The van der Waals surface area contributed by atoms with Crippen LogP contribution in [0, 0.1) is 11.3 Å². The van der Waals surface area contributed by atoms with Crippen molar-refractivity contribution in [2.45, 2.75) is 17.7 Å². The fraction of sp³-hybridized carbons (Fsp3) is 0.105. The third kappa shape index (κ3) is 3.46. The van der Waals surface area contributed by atoms with Crippen molar-refractivity contribution in [1.82, 2.24) is 4.98 Å². The number of hydrogen-bond acceptors (Lipinski definition) is 4. The summed E-state index contributed by atoms with van der Waals surface area (Å²) >= 11 is 6.11. The number of nitrogens with one attached hydrogen (secondary N) is 1. The third-order valence-corrected chi connectivity index (χ3v) is 5.76. The monoisotopic (exact) mass is 394 g/mol. The summed E-state index contributed by atoms with van der Waals surface area (Å²) in [6.07, 6.45) is 0. The van der Waals surface area contributed by atoms with Gasteiger partial charge in [0.05, 0.1) is 44.2 Å². The average molecular weight is 395 g/mol. The number of ketones is 1. The number of carbonyl (C=O) groups is 1. The lowest BCUT2D eigenvalue weighted by atomic mass is 9.92. The average Bonchev–Trinajstić information content (AvgIpc) is 2.64. The highest BCUT2D eigenvalue weighted by Crippen LogP contribution is 2.22. The van der Waals surface area contributed by atoms with Gasteiger partial charge in [-0.25, -0.2) is 0 Å². The second-order valence-electron chi connectivity index (χ2n) is 5.86. The van der Waals surface area contributed by atoms with Gasteiger partial charge in [-0.15, -0.1) is 0 Å². The second kappa shape index (κ2) is 7.51. The predicted molar refractivity (Wildman–Crippen MR) is 106 cm³/mol. The zero-order valence-corrected chi connectivity index (χ0v) is 15.8. The Morgan fingerprint density at radius 1 is 1.30 bits per heavy atom. The lowest BCUT2D eigenvalue weighted by Gasteiger charge is -2.12. The summed E-state index contributed by atoms with van der Waals surface area (Å²) in [5.41, 5.74) is 0.564. The van der Waals surface area contributed by atoms with E-state index in [-0.39, 0.29) is 37.7 Å². The van der Waals surface area contributed by atoms with Gasteiger partial charge in [0.15, 0.2) is 5.78 Å². The topological polar surface area (TPSA) is 90.8 Å². The minimum atomic E-state index is -1.79. The standard InChI is InChI=1S/C19H12BClN2O3S/c1-10(24)15-18(25)16-14(21)7-6-13(20)17(16)23-19(15)27(26)9-12-5-3-2-4-11(12)8-22/h2-7H,9H2,1H3,(H,23,25). The Hall–Kier alpha value is -2.69. The number of rotatable bonds is 4. The second-order valence-corrected chi connectivity index (χ2v) is 7.66. The molecule has 132 valence electrons. The van der Waals surface area contributed by atoms with Gasteiger partial charge in [-0.2, -0.15) is 5.26 Å². The van der Waals surface area contributed by atoms with Crippen LogP contribution in [0.3, 0.4) is 0 Å². The van der Waals surface area contributed by atoms with Crippen molar-refractivity contribution in [1.29, 1.82) is 5.26 Å². The molecule has 1 atom stereocenters. The van der Waals surface area contributed by atoms with E-state index in [0.29, 0.717) is 11.1 Å². The van der Waals surface area contributed by atoms with Crippen LogP contribution in [0.15, 0.2) is 46.2 Å². The predicted octanol–water partition coefficient (Wildman–Crippen LogP) is 2.36. The Bertz CT molecular complexity index is 1210. The zero-order valence-electron chi connectivity index (χ0n) is 14.2. The first-order valence-corrected chi connectivity index (χ1v) is 9.56. The summed E-state index contributed by atoms with van der Waals surface area (Å²) in [6, 6.07) is 11.7. The van der Waals surface area contributed by atoms with Crippen LogP contribution in [0.1, 0.15) is 28.4 Å². The molecular weight excluding hydrogens is 383 g/mol. The van der Waals surface area contributed by atoms with E-state index in [1.165, 1.54) is 19.1 Å². The number of hydrogen-bond donors (Lipinski definition) is 1. The molecule has 1 unspecified atom stereocenters. The van der Waals surface area contributed by atoms with E-state index in [4.69, 9.17) is 19.4 Å². The van der Waals surface area contributed by atoms with Gasteiger partial charge in [0, 0.05) is 5.52 Å². The molecule has 0 aliphatic heterocycles. The summed E-state index contributed by atoms with van der Waals surface area (Å²) in [7, 11) is 4.15. The summed E-state index contributed by atoms with van der Waals surface area (Å²) < 4.78 is 13.0. The van der Waals surface area contributed by atoms with Crippen molar-refractivity contribution in [2.75, 3.05) is 0 Å². The maximum absolute atomic E-state index is 13.0. The molecule has 0 saturated heterocycles. The van der Waals surface area contributed by atoms with Crippen molar-refractivity contribution < 1.29 is 9.00 Å². The van der Waals surface area contributed by atoms with E-state index in [0.717, 1.165) is 0 Å². The minimum absolute atomic E-state index is 0.0262. The Balaban J connectivity index is 2.24. The fourth-order valence-corrected chi connectivity index (χ4v) is 4.42. The minimum Gasteiger partial charge on any atom is -0.347 e. The van der Waals surface area contributed by atoms with Gasteiger partial charge in [0.25, 0.3) is 0 Å². The molecule has 0 aliphatic rings. The van der Waals surface area contributed by atoms with Gasteiger partial charge in [0.1, 0.15) is 12.9 Å². The summed E-state index contributed by atoms with van der Waals surface area (Å²) in [4.78, 5) is 27.9. The molecule has 3 aromatic rings. The van der Waals surface area contributed by atoms with E-state index >= 15 is 0 Å². The molecule has 0 fully saturated rings. The highest BCUT2D eigenvalue weighted by molar-refractivity contribution is 7.84. The number of benzene rings is 2. The molecule has 2 aromatic carbocycles. The van der Waals surface area contributed by atoms with Crippen molar-refractivity contribution in [2.24, 2.45) is 0 Å². The molecule has 8 heteroatoms. The number of halogens is 1. The van der Waals surface area contributed by atoms with Crippen LogP contribution in [0.4, 0.5) is 0 Å². The van der Waals surface area contributed by atoms with Crippen LogP contribution < -0.4 is 10.9 Å². The zero-order chi connectivity index (χ0) is 19.7. The molecule has 0 bridgehead atoms. The molecule has 27 heavy (non-hydrogen) atoms. The Kier molecular flexibility index (Phi) is 5.31. The van der Waals surface area contributed by atoms with Gasteiger partial charge in [-0.1, -0.05) is 41.3 Å². The molecule has 5 nitrogen and oxygen atoms in total. The first-order chi connectivity index (χ1) is 12.8. The highest BCUT2D eigenvalue weighted by Gasteiger charge is 2.22. The van der Waals surface area contributed by atoms with E-state index in [1.807, 2.05) is 6.07 Å². The highest BCUT2D eigenvalue weighted by atomic mass is 35.5. The van der Waals surface area contributed by atoms with Crippen molar-refractivity contribution in [3.8, 4) is 6.07 Å². The summed E-state index contributed by atoms with van der Waals surface area (Å²) in [5, 5.41) is 9.41. The molecule has 0 spiro atoms. The number of nitrogens with zero attached hydrogens (tertiary/aromatic N) is 1. The van der Waals surface area contributed by atoms with Crippen LogP contribution >= 0.6 is 11.6 Å². The Labute approximate surface area is 163 Å². The molecule has 1 aromatic heterocycles. The van der Waals surface area contributed by atoms with E-state index in [1.54, 1.807) is 24.3 Å². The van der Waals surface area contributed by atoms with Crippen LogP contribution in [0.5, 0.6) is 0 Å². The fourth-order valence-electron chi connectivity index (χ4n) is 2.81. The number of carbonyl (C=O) groups excluding carboxylic acids is 1. The van der Waals surface area contributed by atoms with Crippen LogP contribution in [0.25, 0.3) is 10.9 Å². The first-order valence-electron chi connectivity index (χ1n) is 7.86. The van der Waals surface area contributed by atoms with Gasteiger partial charge < -0.3 is 4.98 Å². The maximum Gasteiger partial charge on any atom is 0.202 e. The first kappa shape index (κ1) is 19.1. The maximum atomic E-state index is 13.0. The molecule has 3 rings (SSSR count). The van der Waals surface area contributed by atoms with Crippen molar-refractivity contribution in [3.63, 3.8) is 0 Å². The largest absolute Gasteiger partial charge is 0.347 e. The number of aromatic amines is 1. The molecule has 0 saturated carbocycles. The smallest absolute Gasteiger partial charge is 0.202 e. The van der Waals surface area contributed by atoms with Crippen LogP contribution in [0.2, 0.25) is 5.02 Å². The Morgan fingerprint density at radius 2 is 2.00 bits per heavy atom. The van der Waals surface area contributed by atoms with Gasteiger partial charge in [0.2, 0.25) is 5.43 Å². The van der Waals surface area contributed by atoms with Gasteiger partial charge in [-0.05, 0) is 24.6 Å². The number of Topliss-reactive ketones (excluding diaryl/α,β-unsaturated/α-hetero) is 1. The van der Waals surface area contributed by atoms with Crippen LogP contribution in [-0.4, -0.2) is 22.8 Å². The van der Waals surface area contributed by atoms with Crippen LogP contribution in [-0.2, 0) is 16.6 Å². The lowest BCUT2D eigenvalue weighted by molar-refractivity contribution is 0.101. The number of pyridine rings is 1. The third-order valence-electron chi connectivity index (χ3n) is 4.11. The van der Waals surface area contributed by atoms with Crippen molar-refractivity contribution in [3.05, 3.63) is 68.3 Å². The molecule has 2 radical (unpaired) electrons. The number of fused-ring (bicyclic) bond motifs is 1. The quantitative estimate of drug-likeness (QED) is 0.543. The van der Waals surface area contributed by atoms with Gasteiger partial charge in [-0.3, -0.25) is 13.8 Å². The Morgan fingerprint density at radius 3 is 2.67 bits per heavy atom.